The first-order chi connectivity index (χ1) is 12.5. The van der Waals surface area contributed by atoms with Gasteiger partial charge in [0.2, 0.25) is 0 Å². The largest absolute Gasteiger partial charge is 0.493 e. The molecule has 0 spiro atoms. The van der Waals surface area contributed by atoms with Gasteiger partial charge in [0.25, 0.3) is 5.91 Å². The van der Waals surface area contributed by atoms with Gasteiger partial charge in [0.15, 0.2) is 23.0 Å². The number of methoxy groups -OCH3 is 1. The zero-order valence-electron chi connectivity index (χ0n) is 14.8. The Morgan fingerprint density at radius 2 is 2.12 bits per heavy atom. The van der Waals surface area contributed by atoms with E-state index in [1.54, 1.807) is 44.4 Å². The lowest BCUT2D eigenvalue weighted by atomic mass is 10.1. The number of carbonyl (C=O) groups excluding carboxylic acids is 1. The summed E-state index contributed by atoms with van der Waals surface area (Å²) in [6.07, 6.45) is 0.877. The van der Waals surface area contributed by atoms with Gasteiger partial charge in [-0.1, -0.05) is 6.92 Å². The molecule has 26 heavy (non-hydrogen) atoms. The number of fused-ring (bicyclic) bond motifs is 1. The number of hydrogen-bond acceptors (Lipinski definition) is 5. The molecule has 0 saturated heterocycles. The number of amides is 1. The predicted molar refractivity (Wildman–Crippen MR) is 103 cm³/mol. The van der Waals surface area contributed by atoms with Crippen molar-refractivity contribution in [3.63, 3.8) is 0 Å². The summed E-state index contributed by atoms with van der Waals surface area (Å²) in [5.41, 5.74) is 2.47. The highest BCUT2D eigenvalue weighted by molar-refractivity contribution is 9.10. The summed E-state index contributed by atoms with van der Waals surface area (Å²) in [4.78, 5) is 16.9. The van der Waals surface area contributed by atoms with Crippen LogP contribution in [0.15, 0.2) is 39.2 Å². The van der Waals surface area contributed by atoms with E-state index in [9.17, 15) is 4.79 Å². The molecule has 0 radical (unpaired) electrons. The number of aryl methyl sites for hydroxylation is 1. The number of nitrogens with one attached hydrogen (secondary N) is 1. The molecule has 7 heteroatoms. The topological polar surface area (TPSA) is 73.6 Å². The van der Waals surface area contributed by atoms with Crippen molar-refractivity contribution in [1.82, 2.24) is 4.98 Å². The number of nitrogens with zero attached hydrogens (tertiary/aromatic N) is 1. The number of benzene rings is 2. The Kier molecular flexibility index (Phi) is 5.46. The van der Waals surface area contributed by atoms with Gasteiger partial charge in [0.05, 0.1) is 18.2 Å². The van der Waals surface area contributed by atoms with E-state index in [1.807, 2.05) is 6.92 Å². The molecular formula is C19H19BrN2O4. The molecular weight excluding hydrogens is 400 g/mol. The predicted octanol–water partition coefficient (Wildman–Crippen LogP) is 4.95. The van der Waals surface area contributed by atoms with Crippen LogP contribution in [0.5, 0.6) is 11.5 Å². The van der Waals surface area contributed by atoms with Crippen LogP contribution in [0, 0.1) is 6.92 Å². The standard InChI is InChI=1S/C19H19BrN2O4/c1-4-7-25-18-14(20)8-12(9-17(18)24-3)19(23)22-13-5-6-16-15(10-13)21-11(2)26-16/h5-6,8-10H,4,7H2,1-3H3,(H,22,23). The van der Waals surface area contributed by atoms with Crippen molar-refractivity contribution in [3.8, 4) is 11.5 Å². The fraction of sp³-hybridized carbons (Fsp3) is 0.263. The number of ether oxygens (including phenoxy) is 2. The van der Waals surface area contributed by atoms with Crippen molar-refractivity contribution in [2.24, 2.45) is 0 Å². The molecule has 0 unspecified atom stereocenters. The number of carbonyl (C=O) groups is 1. The third-order valence-electron chi connectivity index (χ3n) is 3.69. The maximum atomic E-state index is 12.6. The molecule has 0 aliphatic carbocycles. The van der Waals surface area contributed by atoms with Gasteiger partial charge in [0, 0.05) is 18.2 Å². The molecule has 0 saturated carbocycles. The zero-order valence-corrected chi connectivity index (χ0v) is 16.3. The Balaban J connectivity index is 1.85. The van der Waals surface area contributed by atoms with Crippen LogP contribution in [0.25, 0.3) is 11.1 Å². The molecule has 3 aromatic rings. The molecule has 2 aromatic carbocycles. The highest BCUT2D eigenvalue weighted by Gasteiger charge is 2.16. The Morgan fingerprint density at radius 3 is 2.85 bits per heavy atom. The molecule has 0 bridgehead atoms. The summed E-state index contributed by atoms with van der Waals surface area (Å²) in [5.74, 6) is 1.41. The van der Waals surface area contributed by atoms with Crippen LogP contribution < -0.4 is 14.8 Å². The number of oxazole rings is 1. The molecule has 3 rings (SSSR count). The zero-order chi connectivity index (χ0) is 18.7. The third kappa shape index (κ3) is 3.83. The highest BCUT2D eigenvalue weighted by Crippen LogP contribution is 2.37. The van der Waals surface area contributed by atoms with E-state index < -0.39 is 0 Å². The van der Waals surface area contributed by atoms with Crippen molar-refractivity contribution in [2.75, 3.05) is 19.0 Å². The SMILES string of the molecule is CCCOc1c(Br)cc(C(=O)Nc2ccc3oc(C)nc3c2)cc1OC. The quantitative estimate of drug-likeness (QED) is 0.612. The van der Waals surface area contributed by atoms with Crippen LogP contribution in [0.2, 0.25) is 0 Å². The minimum Gasteiger partial charge on any atom is -0.493 e. The van der Waals surface area contributed by atoms with E-state index in [-0.39, 0.29) is 5.91 Å². The summed E-state index contributed by atoms with van der Waals surface area (Å²) < 4.78 is 17.2. The summed E-state index contributed by atoms with van der Waals surface area (Å²) in [5, 5.41) is 2.86. The molecule has 6 nitrogen and oxygen atoms in total. The molecule has 0 aliphatic rings. The average Bonchev–Trinajstić information content (AvgIpc) is 2.99. The van der Waals surface area contributed by atoms with Gasteiger partial charge < -0.3 is 19.2 Å². The third-order valence-corrected chi connectivity index (χ3v) is 4.28. The monoisotopic (exact) mass is 418 g/mol. The normalized spacial score (nSPS) is 10.8. The van der Waals surface area contributed by atoms with Gasteiger partial charge in [-0.05, 0) is 52.7 Å². The Labute approximate surface area is 159 Å². The maximum Gasteiger partial charge on any atom is 0.255 e. The van der Waals surface area contributed by atoms with E-state index in [2.05, 4.69) is 26.2 Å². The Hall–Kier alpha value is -2.54. The van der Waals surface area contributed by atoms with Crippen molar-refractivity contribution in [2.45, 2.75) is 20.3 Å². The van der Waals surface area contributed by atoms with Gasteiger partial charge in [-0.25, -0.2) is 4.98 Å². The lowest BCUT2D eigenvalue weighted by Gasteiger charge is -2.14. The van der Waals surface area contributed by atoms with E-state index in [0.717, 1.165) is 6.42 Å². The first-order valence-electron chi connectivity index (χ1n) is 8.20. The van der Waals surface area contributed by atoms with Gasteiger partial charge in [-0.2, -0.15) is 0 Å². The van der Waals surface area contributed by atoms with E-state index in [0.29, 0.717) is 50.8 Å². The average molecular weight is 419 g/mol. The lowest BCUT2D eigenvalue weighted by Crippen LogP contribution is -2.12. The Morgan fingerprint density at radius 1 is 1.31 bits per heavy atom. The van der Waals surface area contributed by atoms with E-state index in [1.165, 1.54) is 0 Å². The molecule has 0 atom stereocenters. The van der Waals surface area contributed by atoms with Crippen LogP contribution in [0.3, 0.4) is 0 Å². The summed E-state index contributed by atoms with van der Waals surface area (Å²) in [6, 6.07) is 8.69. The summed E-state index contributed by atoms with van der Waals surface area (Å²) in [7, 11) is 1.54. The van der Waals surface area contributed by atoms with Crippen LogP contribution in [-0.2, 0) is 0 Å². The number of rotatable bonds is 6. The highest BCUT2D eigenvalue weighted by atomic mass is 79.9. The first-order valence-corrected chi connectivity index (χ1v) is 9.00. The van der Waals surface area contributed by atoms with Crippen molar-refractivity contribution >= 4 is 38.6 Å². The van der Waals surface area contributed by atoms with Crippen molar-refractivity contribution in [1.29, 1.82) is 0 Å². The van der Waals surface area contributed by atoms with E-state index in [4.69, 9.17) is 13.9 Å². The maximum absolute atomic E-state index is 12.6. The van der Waals surface area contributed by atoms with Gasteiger partial charge in [-0.15, -0.1) is 0 Å². The minimum absolute atomic E-state index is 0.259. The summed E-state index contributed by atoms with van der Waals surface area (Å²) >= 11 is 3.45. The van der Waals surface area contributed by atoms with Gasteiger partial charge in [-0.3, -0.25) is 4.79 Å². The molecule has 1 heterocycles. The molecule has 136 valence electrons. The Bertz CT molecular complexity index is 952. The first kappa shape index (κ1) is 18.3. The molecule has 0 fully saturated rings. The fourth-order valence-electron chi connectivity index (χ4n) is 2.52. The van der Waals surface area contributed by atoms with Crippen LogP contribution in [0.4, 0.5) is 5.69 Å². The number of halogens is 1. The number of anilines is 1. The summed E-state index contributed by atoms with van der Waals surface area (Å²) in [6.45, 7) is 4.37. The molecule has 1 amide bonds. The molecule has 1 aromatic heterocycles. The van der Waals surface area contributed by atoms with E-state index >= 15 is 0 Å². The molecule has 1 N–H and O–H groups in total. The second-order valence-electron chi connectivity index (χ2n) is 5.71. The van der Waals surface area contributed by atoms with Crippen molar-refractivity contribution in [3.05, 3.63) is 46.3 Å². The van der Waals surface area contributed by atoms with Crippen LogP contribution >= 0.6 is 15.9 Å². The fourth-order valence-corrected chi connectivity index (χ4v) is 3.08. The smallest absolute Gasteiger partial charge is 0.255 e. The number of hydrogen-bond donors (Lipinski definition) is 1. The van der Waals surface area contributed by atoms with Crippen LogP contribution in [0.1, 0.15) is 29.6 Å². The second kappa shape index (κ2) is 7.78. The number of aromatic nitrogens is 1. The van der Waals surface area contributed by atoms with Gasteiger partial charge in [0.1, 0.15) is 5.52 Å². The second-order valence-corrected chi connectivity index (χ2v) is 6.56. The minimum atomic E-state index is -0.259. The van der Waals surface area contributed by atoms with Crippen molar-refractivity contribution < 1.29 is 18.7 Å². The lowest BCUT2D eigenvalue weighted by molar-refractivity contribution is 0.102. The molecule has 0 aliphatic heterocycles. The van der Waals surface area contributed by atoms with Gasteiger partial charge >= 0.3 is 0 Å². The van der Waals surface area contributed by atoms with Crippen LogP contribution in [-0.4, -0.2) is 24.6 Å².